The first kappa shape index (κ1) is 21.6. The van der Waals surface area contributed by atoms with E-state index in [4.69, 9.17) is 9.47 Å². The van der Waals surface area contributed by atoms with Crippen LogP contribution in [0.1, 0.15) is 62.0 Å². The highest BCUT2D eigenvalue weighted by molar-refractivity contribution is 7.09. The number of hydrogen-bond acceptors (Lipinski definition) is 6. The maximum Gasteiger partial charge on any atom is 0.357 e. The second kappa shape index (κ2) is 12.0. The lowest BCUT2D eigenvalue weighted by Crippen LogP contribution is -2.37. The van der Waals surface area contributed by atoms with Crippen LogP contribution >= 0.6 is 11.3 Å². The lowest BCUT2D eigenvalue weighted by Gasteiger charge is -2.26. The molecular weight excluding hydrogens is 340 g/mol. The van der Waals surface area contributed by atoms with Gasteiger partial charge in [0.25, 0.3) is 0 Å². The number of methoxy groups -OCH3 is 1. The van der Waals surface area contributed by atoms with Crippen LogP contribution in [0.4, 0.5) is 0 Å². The summed E-state index contributed by atoms with van der Waals surface area (Å²) in [5.74, 6) is -0.253. The summed E-state index contributed by atoms with van der Waals surface area (Å²) in [6, 6.07) is 0. The lowest BCUT2D eigenvalue weighted by molar-refractivity contribution is -0.137. The molecule has 1 rings (SSSR count). The van der Waals surface area contributed by atoms with Gasteiger partial charge in [-0.1, -0.05) is 26.7 Å². The summed E-state index contributed by atoms with van der Waals surface area (Å²) in [6.07, 6.45) is 3.86. The monoisotopic (exact) mass is 370 g/mol. The second-order valence-electron chi connectivity index (χ2n) is 5.85. The molecule has 0 N–H and O–H groups in total. The highest BCUT2D eigenvalue weighted by Crippen LogP contribution is 2.19. The van der Waals surface area contributed by atoms with Gasteiger partial charge in [0.1, 0.15) is 5.01 Å². The van der Waals surface area contributed by atoms with Gasteiger partial charge in [0.05, 0.1) is 19.8 Å². The van der Waals surface area contributed by atoms with Crippen LogP contribution in [-0.2, 0) is 20.8 Å². The van der Waals surface area contributed by atoms with E-state index in [1.807, 2.05) is 0 Å². The van der Waals surface area contributed by atoms with Gasteiger partial charge in [-0.3, -0.25) is 4.79 Å². The van der Waals surface area contributed by atoms with Crippen LogP contribution in [-0.4, -0.2) is 48.6 Å². The minimum atomic E-state index is -0.422. The standard InChI is InChI=1S/C18H30N2O4S/c1-5-8-9-14(6-2)17(21)20(10-11-23-4)12-16-19-15(13-25-16)18(22)24-7-3/h13-14H,5-12H2,1-4H3/t14-/m0/s1. The number of carbonyl (C=O) groups excluding carboxylic acids is 2. The highest BCUT2D eigenvalue weighted by Gasteiger charge is 2.24. The summed E-state index contributed by atoms with van der Waals surface area (Å²) in [5.41, 5.74) is 0.305. The van der Waals surface area contributed by atoms with Crippen molar-refractivity contribution in [1.29, 1.82) is 0 Å². The van der Waals surface area contributed by atoms with Crippen molar-refractivity contribution in [1.82, 2.24) is 9.88 Å². The first-order valence-electron chi connectivity index (χ1n) is 8.96. The molecule has 25 heavy (non-hydrogen) atoms. The Balaban J connectivity index is 2.81. The van der Waals surface area contributed by atoms with Crippen molar-refractivity contribution in [2.75, 3.05) is 26.9 Å². The number of amides is 1. The van der Waals surface area contributed by atoms with Gasteiger partial charge in [-0.2, -0.15) is 0 Å². The number of thiazole rings is 1. The number of aromatic nitrogens is 1. The van der Waals surface area contributed by atoms with Gasteiger partial charge in [0, 0.05) is 25.0 Å². The Bertz CT molecular complexity index is 533. The van der Waals surface area contributed by atoms with Gasteiger partial charge in [0.15, 0.2) is 5.69 Å². The van der Waals surface area contributed by atoms with Crippen LogP contribution in [0.3, 0.4) is 0 Å². The largest absolute Gasteiger partial charge is 0.461 e. The molecule has 1 aromatic heterocycles. The van der Waals surface area contributed by atoms with Crippen LogP contribution in [0.5, 0.6) is 0 Å². The maximum atomic E-state index is 12.9. The summed E-state index contributed by atoms with van der Waals surface area (Å²) in [7, 11) is 1.62. The van der Waals surface area contributed by atoms with Crippen molar-refractivity contribution in [2.24, 2.45) is 5.92 Å². The average Bonchev–Trinajstić information content (AvgIpc) is 3.08. The number of carbonyl (C=O) groups is 2. The summed E-state index contributed by atoms with van der Waals surface area (Å²) >= 11 is 1.37. The Morgan fingerprint density at radius 1 is 1.32 bits per heavy atom. The molecule has 0 unspecified atom stereocenters. The van der Waals surface area contributed by atoms with Gasteiger partial charge in [-0.05, 0) is 19.8 Å². The smallest absolute Gasteiger partial charge is 0.357 e. The Labute approximate surface area is 154 Å². The van der Waals surface area contributed by atoms with Crippen molar-refractivity contribution in [3.63, 3.8) is 0 Å². The molecule has 0 aliphatic carbocycles. The summed E-state index contributed by atoms with van der Waals surface area (Å²) < 4.78 is 10.1. The molecule has 0 spiro atoms. The van der Waals surface area contributed by atoms with Crippen molar-refractivity contribution in [3.05, 3.63) is 16.1 Å². The Kier molecular flexibility index (Phi) is 10.3. The molecule has 0 aromatic carbocycles. The molecular formula is C18H30N2O4S. The molecule has 0 radical (unpaired) electrons. The van der Waals surface area contributed by atoms with Crippen molar-refractivity contribution in [3.8, 4) is 0 Å². The van der Waals surface area contributed by atoms with Gasteiger partial charge in [-0.15, -0.1) is 11.3 Å². The van der Waals surface area contributed by atoms with E-state index in [9.17, 15) is 9.59 Å². The summed E-state index contributed by atoms with van der Waals surface area (Å²) in [6.45, 7) is 7.66. The number of esters is 1. The molecule has 1 heterocycles. The minimum Gasteiger partial charge on any atom is -0.461 e. The van der Waals surface area contributed by atoms with E-state index in [1.165, 1.54) is 11.3 Å². The van der Waals surface area contributed by atoms with E-state index in [1.54, 1.807) is 24.3 Å². The third-order valence-corrected chi connectivity index (χ3v) is 4.82. The van der Waals surface area contributed by atoms with E-state index in [0.29, 0.717) is 32.0 Å². The van der Waals surface area contributed by atoms with Gasteiger partial charge in [-0.25, -0.2) is 9.78 Å². The van der Waals surface area contributed by atoms with Crippen LogP contribution in [0, 0.1) is 5.92 Å². The van der Waals surface area contributed by atoms with E-state index in [0.717, 1.165) is 30.7 Å². The van der Waals surface area contributed by atoms with Gasteiger partial charge in [0.2, 0.25) is 5.91 Å². The van der Waals surface area contributed by atoms with Gasteiger partial charge < -0.3 is 14.4 Å². The zero-order chi connectivity index (χ0) is 18.7. The lowest BCUT2D eigenvalue weighted by atomic mass is 9.97. The predicted molar refractivity (Wildman–Crippen MR) is 98.7 cm³/mol. The quantitative estimate of drug-likeness (QED) is 0.527. The fourth-order valence-corrected chi connectivity index (χ4v) is 3.30. The average molecular weight is 371 g/mol. The Morgan fingerprint density at radius 3 is 2.68 bits per heavy atom. The maximum absolute atomic E-state index is 12.9. The van der Waals surface area contributed by atoms with Crippen LogP contribution in [0.2, 0.25) is 0 Å². The fraction of sp³-hybridized carbons (Fsp3) is 0.722. The van der Waals surface area contributed by atoms with E-state index in [2.05, 4.69) is 18.8 Å². The van der Waals surface area contributed by atoms with Crippen LogP contribution in [0.15, 0.2) is 5.38 Å². The third kappa shape index (κ3) is 7.12. The summed E-state index contributed by atoms with van der Waals surface area (Å²) in [4.78, 5) is 30.7. The van der Waals surface area contributed by atoms with Crippen LogP contribution < -0.4 is 0 Å². The molecule has 0 fully saturated rings. The normalized spacial score (nSPS) is 12.0. The molecule has 1 aromatic rings. The topological polar surface area (TPSA) is 68.7 Å². The highest BCUT2D eigenvalue weighted by atomic mass is 32.1. The third-order valence-electron chi connectivity index (χ3n) is 3.99. The second-order valence-corrected chi connectivity index (χ2v) is 6.79. The number of unbranched alkanes of at least 4 members (excludes halogenated alkanes) is 1. The Hall–Kier alpha value is -1.47. The molecule has 6 nitrogen and oxygen atoms in total. The number of ether oxygens (including phenoxy) is 2. The Morgan fingerprint density at radius 2 is 2.08 bits per heavy atom. The van der Waals surface area contributed by atoms with Crippen molar-refractivity contribution in [2.45, 2.75) is 53.0 Å². The van der Waals surface area contributed by atoms with Gasteiger partial charge >= 0.3 is 5.97 Å². The molecule has 0 saturated carbocycles. The first-order chi connectivity index (χ1) is 12.1. The molecule has 1 amide bonds. The zero-order valence-corrected chi connectivity index (χ0v) is 16.6. The molecule has 0 aliphatic heterocycles. The van der Waals surface area contributed by atoms with Crippen LogP contribution in [0.25, 0.3) is 0 Å². The van der Waals surface area contributed by atoms with Crippen molar-refractivity contribution >= 4 is 23.2 Å². The molecule has 142 valence electrons. The number of rotatable bonds is 12. The van der Waals surface area contributed by atoms with Crippen molar-refractivity contribution < 1.29 is 19.1 Å². The summed E-state index contributed by atoms with van der Waals surface area (Å²) in [5, 5.41) is 2.42. The first-order valence-corrected chi connectivity index (χ1v) is 9.84. The predicted octanol–water partition coefficient (Wildman–Crippen LogP) is 3.51. The zero-order valence-electron chi connectivity index (χ0n) is 15.7. The molecule has 0 aliphatic rings. The minimum absolute atomic E-state index is 0.0290. The number of nitrogens with zero attached hydrogens (tertiary/aromatic N) is 2. The van der Waals surface area contributed by atoms with E-state index < -0.39 is 5.97 Å². The molecule has 0 saturated heterocycles. The molecule has 0 bridgehead atoms. The number of hydrogen-bond donors (Lipinski definition) is 0. The molecule has 7 heteroatoms. The van der Waals surface area contributed by atoms with E-state index in [-0.39, 0.29) is 11.8 Å². The fourth-order valence-electron chi connectivity index (χ4n) is 2.53. The SMILES string of the molecule is CCCC[C@H](CC)C(=O)N(CCOC)Cc1nc(C(=O)OCC)cs1. The van der Waals surface area contributed by atoms with E-state index >= 15 is 0 Å². The molecule has 1 atom stereocenters.